The number of nitriles is 1. The number of hydrogen-bond acceptors (Lipinski definition) is 6. The third-order valence-corrected chi connectivity index (χ3v) is 6.67. The minimum atomic E-state index is -3.97. The van der Waals surface area contributed by atoms with E-state index in [1.54, 1.807) is 13.1 Å². The molecule has 0 saturated carbocycles. The number of halogens is 1. The van der Waals surface area contributed by atoms with Gasteiger partial charge in [-0.1, -0.05) is 6.08 Å². The molecule has 0 amide bonds. The molecule has 2 atom stereocenters. The third kappa shape index (κ3) is 3.77. The minimum Gasteiger partial charge on any atom is -0.394 e. The van der Waals surface area contributed by atoms with Crippen molar-refractivity contribution in [3.8, 4) is 6.07 Å². The van der Waals surface area contributed by atoms with Gasteiger partial charge in [0.15, 0.2) is 6.23 Å². The first-order chi connectivity index (χ1) is 13.7. The number of benzene rings is 1. The smallest absolute Gasteiger partial charge is 0.243 e. The molecule has 0 radical (unpaired) electrons. The summed E-state index contributed by atoms with van der Waals surface area (Å²) in [7, 11) is -2.37. The average Bonchev–Trinajstić information content (AvgIpc) is 2.98. The predicted octanol–water partition coefficient (Wildman–Crippen LogP) is 1.28. The summed E-state index contributed by atoms with van der Waals surface area (Å²) in [5.41, 5.74) is -0.363. The van der Waals surface area contributed by atoms with Gasteiger partial charge in [0.05, 0.1) is 23.4 Å². The van der Waals surface area contributed by atoms with Gasteiger partial charge in [-0.2, -0.15) is 9.98 Å². The van der Waals surface area contributed by atoms with Gasteiger partial charge in [-0.25, -0.2) is 12.8 Å². The highest BCUT2D eigenvalue weighted by Crippen LogP contribution is 2.34. The van der Waals surface area contributed by atoms with Crippen molar-refractivity contribution in [2.24, 2.45) is 7.05 Å². The normalized spacial score (nSPS) is 21.5. The first-order valence-electron chi connectivity index (χ1n) is 8.77. The average molecular weight is 420 g/mol. The minimum absolute atomic E-state index is 0.00449. The van der Waals surface area contributed by atoms with Crippen LogP contribution in [0, 0.1) is 17.1 Å². The molecule has 3 rings (SSSR count). The molecule has 1 aromatic carbocycles. The molecule has 0 saturated heterocycles. The summed E-state index contributed by atoms with van der Waals surface area (Å²) in [6, 6.07) is 5.45. The molecule has 0 fully saturated rings. The van der Waals surface area contributed by atoms with E-state index in [4.69, 9.17) is 5.26 Å². The van der Waals surface area contributed by atoms with Crippen LogP contribution in [0.2, 0.25) is 0 Å². The molecule has 2 aromatic rings. The summed E-state index contributed by atoms with van der Waals surface area (Å²) in [6.45, 7) is 3.18. The van der Waals surface area contributed by atoms with E-state index in [1.165, 1.54) is 29.0 Å². The molecular weight excluding hydrogens is 399 g/mol. The van der Waals surface area contributed by atoms with Crippen molar-refractivity contribution < 1.29 is 23.0 Å². The second-order valence-electron chi connectivity index (χ2n) is 6.95. The molecule has 1 aliphatic heterocycles. The Morgan fingerprint density at radius 3 is 2.90 bits per heavy atom. The Morgan fingerprint density at radius 2 is 2.28 bits per heavy atom. The van der Waals surface area contributed by atoms with E-state index in [1.807, 2.05) is 0 Å². The van der Waals surface area contributed by atoms with Crippen molar-refractivity contribution in [2.45, 2.75) is 29.5 Å². The SMILES string of the molecule is C=C[C@]1(CO)CCc2c(cn(C)c2C(O)Nc2ccc(F)c(C#N)c2)S(=O)(=O)N1. The lowest BCUT2D eigenvalue weighted by Gasteiger charge is -2.27. The number of aromatic nitrogens is 1. The first kappa shape index (κ1) is 21.0. The van der Waals surface area contributed by atoms with E-state index in [0.29, 0.717) is 16.9 Å². The van der Waals surface area contributed by atoms with E-state index in [9.17, 15) is 23.0 Å². The monoisotopic (exact) mass is 420 g/mol. The number of aliphatic hydroxyl groups is 2. The van der Waals surface area contributed by atoms with Gasteiger partial charge in [-0.15, -0.1) is 6.58 Å². The molecule has 1 aliphatic rings. The second-order valence-corrected chi connectivity index (χ2v) is 8.60. The van der Waals surface area contributed by atoms with E-state index in [0.717, 1.165) is 6.07 Å². The van der Waals surface area contributed by atoms with Crippen molar-refractivity contribution in [1.82, 2.24) is 9.29 Å². The molecule has 0 spiro atoms. The zero-order valence-corrected chi connectivity index (χ0v) is 16.5. The summed E-state index contributed by atoms with van der Waals surface area (Å²) in [4.78, 5) is 0.00449. The maximum Gasteiger partial charge on any atom is 0.243 e. The molecule has 10 heteroatoms. The van der Waals surface area contributed by atoms with Crippen LogP contribution in [0.1, 0.15) is 29.5 Å². The van der Waals surface area contributed by atoms with Gasteiger partial charge in [0.25, 0.3) is 0 Å². The Labute approximate surface area is 168 Å². The molecule has 29 heavy (non-hydrogen) atoms. The summed E-state index contributed by atoms with van der Waals surface area (Å²) >= 11 is 0. The molecule has 8 nitrogen and oxygen atoms in total. The Morgan fingerprint density at radius 1 is 1.55 bits per heavy atom. The molecule has 0 aliphatic carbocycles. The number of sulfonamides is 1. The summed E-state index contributed by atoms with van der Waals surface area (Å²) in [5, 5.41) is 32.2. The fourth-order valence-electron chi connectivity index (χ4n) is 3.47. The van der Waals surface area contributed by atoms with Crippen LogP contribution >= 0.6 is 0 Å². The summed E-state index contributed by atoms with van der Waals surface area (Å²) in [6.07, 6.45) is 1.95. The van der Waals surface area contributed by atoms with E-state index in [2.05, 4.69) is 16.6 Å². The fraction of sp³-hybridized carbons (Fsp3) is 0.316. The van der Waals surface area contributed by atoms with Crippen molar-refractivity contribution in [3.63, 3.8) is 0 Å². The topological polar surface area (TPSA) is 127 Å². The zero-order chi connectivity index (χ0) is 21.4. The van der Waals surface area contributed by atoms with Crippen molar-refractivity contribution >= 4 is 15.7 Å². The van der Waals surface area contributed by atoms with Crippen LogP contribution in [0.25, 0.3) is 0 Å². The lowest BCUT2D eigenvalue weighted by molar-refractivity contribution is 0.196. The molecule has 0 bridgehead atoms. The number of anilines is 1. The van der Waals surface area contributed by atoms with Gasteiger partial charge in [-0.05, 0) is 36.6 Å². The number of rotatable bonds is 5. The van der Waals surface area contributed by atoms with Gasteiger partial charge in [0.1, 0.15) is 16.8 Å². The zero-order valence-electron chi connectivity index (χ0n) is 15.7. The molecule has 1 unspecified atom stereocenters. The molecule has 2 heterocycles. The standard InChI is InChI=1S/C19H21FN4O4S/c1-3-19(11-25)7-6-14-16(29(27,28)23-19)10-24(2)17(14)18(26)22-13-4-5-15(20)12(8-13)9-21/h3-5,8,10,18,22-23,25-26H,1,6-7,11H2,2H3/t18?,19-/m1/s1. The third-order valence-electron chi connectivity index (χ3n) is 5.07. The van der Waals surface area contributed by atoms with Gasteiger partial charge in [0.2, 0.25) is 10.0 Å². The summed E-state index contributed by atoms with van der Waals surface area (Å²) < 4.78 is 43.2. The van der Waals surface area contributed by atoms with Crippen LogP contribution in [-0.2, 0) is 23.5 Å². The largest absolute Gasteiger partial charge is 0.394 e. The van der Waals surface area contributed by atoms with E-state index in [-0.39, 0.29) is 23.3 Å². The molecule has 154 valence electrons. The van der Waals surface area contributed by atoms with Crippen LogP contribution in [-0.4, -0.2) is 35.3 Å². The number of hydrogen-bond donors (Lipinski definition) is 4. The lowest BCUT2D eigenvalue weighted by atomic mass is 9.93. The molecule has 1 aromatic heterocycles. The van der Waals surface area contributed by atoms with Crippen molar-refractivity contribution in [3.05, 3.63) is 59.7 Å². The second kappa shape index (κ2) is 7.61. The lowest BCUT2D eigenvalue weighted by Crippen LogP contribution is -2.48. The first-order valence-corrected chi connectivity index (χ1v) is 10.3. The number of nitrogens with one attached hydrogen (secondary N) is 2. The maximum atomic E-state index is 13.5. The highest BCUT2D eigenvalue weighted by atomic mass is 32.2. The Kier molecular flexibility index (Phi) is 5.51. The van der Waals surface area contributed by atoms with Crippen LogP contribution in [0.5, 0.6) is 0 Å². The maximum absolute atomic E-state index is 13.5. The Hall–Kier alpha value is -2.71. The molecular formula is C19H21FN4O4S. The van der Waals surface area contributed by atoms with E-state index < -0.39 is 34.2 Å². The molecule has 4 N–H and O–H groups in total. The van der Waals surface area contributed by atoms with Crippen LogP contribution in [0.4, 0.5) is 10.1 Å². The van der Waals surface area contributed by atoms with Gasteiger partial charge >= 0.3 is 0 Å². The highest BCUT2D eigenvalue weighted by Gasteiger charge is 2.39. The van der Waals surface area contributed by atoms with E-state index >= 15 is 0 Å². The summed E-state index contributed by atoms with van der Waals surface area (Å²) in [5.74, 6) is -0.679. The quantitative estimate of drug-likeness (QED) is 0.426. The number of nitrogens with zero attached hydrogens (tertiary/aromatic N) is 2. The van der Waals surface area contributed by atoms with Crippen molar-refractivity contribution in [1.29, 1.82) is 5.26 Å². The van der Waals surface area contributed by atoms with Crippen molar-refractivity contribution in [2.75, 3.05) is 11.9 Å². The van der Waals surface area contributed by atoms with Crippen LogP contribution in [0.15, 0.2) is 41.9 Å². The highest BCUT2D eigenvalue weighted by molar-refractivity contribution is 7.89. The number of aliphatic hydroxyl groups excluding tert-OH is 2. The number of aryl methyl sites for hydroxylation is 1. The number of fused-ring (bicyclic) bond motifs is 1. The Bertz CT molecular complexity index is 1110. The predicted molar refractivity (Wildman–Crippen MR) is 104 cm³/mol. The Balaban J connectivity index is 2.00. The van der Waals surface area contributed by atoms with Gasteiger partial charge in [0, 0.05) is 18.9 Å². The fourth-order valence-corrected chi connectivity index (χ4v) is 5.19. The van der Waals surface area contributed by atoms with Gasteiger partial charge < -0.3 is 20.1 Å². The van der Waals surface area contributed by atoms with Gasteiger partial charge in [-0.3, -0.25) is 0 Å². The van der Waals surface area contributed by atoms with Crippen LogP contribution < -0.4 is 10.0 Å². The van der Waals surface area contributed by atoms with Crippen LogP contribution in [0.3, 0.4) is 0 Å².